The molecule has 0 N–H and O–H groups in total. The van der Waals surface area contributed by atoms with E-state index in [2.05, 4.69) is 4.98 Å². The molecule has 0 saturated carbocycles. The first kappa shape index (κ1) is 12.6. The standard InChI is InChI=1S/C14H12N2OS2/c1-8-15-12-11(13(17)16(8)2)10(14(18)19-12)9-6-4-3-5-7-9/h3-7,10H,1-2H3. The summed E-state index contributed by atoms with van der Waals surface area (Å²) < 4.78 is 2.39. The molecule has 0 radical (unpaired) electrons. The van der Waals surface area contributed by atoms with Crippen molar-refractivity contribution in [2.45, 2.75) is 17.9 Å². The van der Waals surface area contributed by atoms with Gasteiger partial charge in [0.05, 0.1) is 15.7 Å². The van der Waals surface area contributed by atoms with E-state index >= 15 is 0 Å². The summed E-state index contributed by atoms with van der Waals surface area (Å²) in [6, 6.07) is 9.90. The van der Waals surface area contributed by atoms with E-state index < -0.39 is 0 Å². The molecule has 1 aromatic carbocycles. The van der Waals surface area contributed by atoms with Crippen LogP contribution < -0.4 is 5.56 Å². The van der Waals surface area contributed by atoms with Crippen molar-refractivity contribution in [3.63, 3.8) is 0 Å². The average molecular weight is 288 g/mol. The number of rotatable bonds is 1. The van der Waals surface area contributed by atoms with Crippen LogP contribution in [0.5, 0.6) is 0 Å². The van der Waals surface area contributed by atoms with E-state index in [1.54, 1.807) is 11.6 Å². The summed E-state index contributed by atoms with van der Waals surface area (Å²) in [4.78, 5) is 16.9. The number of thioether (sulfide) groups is 1. The molecular formula is C14H12N2OS2. The first-order valence-corrected chi connectivity index (χ1v) is 7.16. The third-order valence-corrected chi connectivity index (χ3v) is 4.80. The number of aromatic nitrogens is 2. The van der Waals surface area contributed by atoms with Crippen LogP contribution >= 0.6 is 24.0 Å². The fourth-order valence-electron chi connectivity index (χ4n) is 2.25. The average Bonchev–Trinajstić information content (AvgIpc) is 2.73. The third kappa shape index (κ3) is 1.93. The Labute approximate surface area is 120 Å². The molecule has 0 bridgehead atoms. The van der Waals surface area contributed by atoms with Crippen molar-refractivity contribution in [1.82, 2.24) is 9.55 Å². The van der Waals surface area contributed by atoms with E-state index in [4.69, 9.17) is 12.2 Å². The number of thiocarbonyl (C=S) groups is 1. The molecule has 0 aliphatic carbocycles. The molecule has 1 atom stereocenters. The van der Waals surface area contributed by atoms with Gasteiger partial charge in [-0.15, -0.1) is 0 Å². The number of hydrogen-bond donors (Lipinski definition) is 0. The Hall–Kier alpha value is -1.46. The third-order valence-electron chi connectivity index (χ3n) is 3.37. The van der Waals surface area contributed by atoms with Gasteiger partial charge in [-0.05, 0) is 12.5 Å². The second-order valence-electron chi connectivity index (χ2n) is 4.51. The van der Waals surface area contributed by atoms with E-state index in [1.807, 2.05) is 37.3 Å². The number of hydrogen-bond acceptors (Lipinski definition) is 4. The van der Waals surface area contributed by atoms with Gasteiger partial charge in [-0.25, -0.2) is 4.98 Å². The van der Waals surface area contributed by atoms with E-state index in [-0.39, 0.29) is 11.5 Å². The van der Waals surface area contributed by atoms with Gasteiger partial charge in [0.25, 0.3) is 5.56 Å². The lowest BCUT2D eigenvalue weighted by atomic mass is 9.95. The molecule has 96 valence electrons. The maximum absolute atomic E-state index is 12.5. The van der Waals surface area contributed by atoms with E-state index in [0.717, 1.165) is 14.8 Å². The summed E-state index contributed by atoms with van der Waals surface area (Å²) in [6.45, 7) is 1.83. The Kier molecular flexibility index (Phi) is 3.03. The molecule has 1 unspecified atom stereocenters. The van der Waals surface area contributed by atoms with Crippen LogP contribution in [0.3, 0.4) is 0 Å². The summed E-state index contributed by atoms with van der Waals surface area (Å²) in [5, 5.41) is 0.763. The second kappa shape index (κ2) is 4.58. The van der Waals surface area contributed by atoms with Crippen LogP contribution in [0.15, 0.2) is 40.2 Å². The van der Waals surface area contributed by atoms with Gasteiger partial charge in [0, 0.05) is 7.05 Å². The Morgan fingerprint density at radius 2 is 2.00 bits per heavy atom. The van der Waals surface area contributed by atoms with Gasteiger partial charge >= 0.3 is 0 Å². The number of benzene rings is 1. The van der Waals surface area contributed by atoms with Crippen molar-refractivity contribution >= 4 is 28.2 Å². The first-order chi connectivity index (χ1) is 9.09. The Balaban J connectivity index is 2.26. The van der Waals surface area contributed by atoms with Crippen LogP contribution in [-0.4, -0.2) is 13.7 Å². The number of aryl methyl sites for hydroxylation is 1. The molecule has 3 rings (SSSR count). The number of nitrogens with zero attached hydrogens (tertiary/aromatic N) is 2. The zero-order valence-corrected chi connectivity index (χ0v) is 12.2. The van der Waals surface area contributed by atoms with Gasteiger partial charge in [0.1, 0.15) is 10.9 Å². The highest BCUT2D eigenvalue weighted by atomic mass is 32.2. The van der Waals surface area contributed by atoms with Crippen LogP contribution in [-0.2, 0) is 7.05 Å². The van der Waals surface area contributed by atoms with Crippen LogP contribution in [0.25, 0.3) is 0 Å². The summed E-state index contributed by atoms with van der Waals surface area (Å²) >= 11 is 6.89. The molecule has 3 nitrogen and oxygen atoms in total. The van der Waals surface area contributed by atoms with Crippen molar-refractivity contribution < 1.29 is 0 Å². The molecule has 5 heteroatoms. The zero-order chi connectivity index (χ0) is 13.6. The van der Waals surface area contributed by atoms with Gasteiger partial charge in [-0.1, -0.05) is 54.3 Å². The normalized spacial score (nSPS) is 17.6. The minimum atomic E-state index is -0.122. The summed E-state index contributed by atoms with van der Waals surface area (Å²) in [6.07, 6.45) is 0. The first-order valence-electron chi connectivity index (χ1n) is 5.93. The van der Waals surface area contributed by atoms with E-state index in [9.17, 15) is 4.79 Å². The van der Waals surface area contributed by atoms with E-state index in [0.29, 0.717) is 11.4 Å². The van der Waals surface area contributed by atoms with Crippen molar-refractivity contribution in [3.8, 4) is 0 Å². The number of fused-ring (bicyclic) bond motifs is 1. The van der Waals surface area contributed by atoms with Crippen molar-refractivity contribution in [2.24, 2.45) is 7.05 Å². The minimum Gasteiger partial charge on any atom is -0.300 e. The predicted octanol–water partition coefficient (Wildman–Crippen LogP) is 2.65. The maximum atomic E-state index is 12.5. The topological polar surface area (TPSA) is 34.9 Å². The fraction of sp³-hybridized carbons (Fsp3) is 0.214. The highest BCUT2D eigenvalue weighted by Crippen LogP contribution is 2.42. The molecule has 2 heterocycles. The molecular weight excluding hydrogens is 276 g/mol. The molecule has 1 aliphatic heterocycles. The molecule has 1 aromatic heterocycles. The highest BCUT2D eigenvalue weighted by molar-refractivity contribution is 8.23. The van der Waals surface area contributed by atoms with Crippen LogP contribution in [0, 0.1) is 6.92 Å². The van der Waals surface area contributed by atoms with Crippen LogP contribution in [0.4, 0.5) is 0 Å². The lowest BCUT2D eigenvalue weighted by Gasteiger charge is -2.12. The molecule has 2 aromatic rings. The largest absolute Gasteiger partial charge is 0.300 e. The lowest BCUT2D eigenvalue weighted by molar-refractivity contribution is 0.725. The predicted molar refractivity (Wildman–Crippen MR) is 81.0 cm³/mol. The monoisotopic (exact) mass is 288 g/mol. The second-order valence-corrected chi connectivity index (χ2v) is 6.24. The summed E-state index contributed by atoms with van der Waals surface area (Å²) in [7, 11) is 1.75. The highest BCUT2D eigenvalue weighted by Gasteiger charge is 2.34. The van der Waals surface area contributed by atoms with E-state index in [1.165, 1.54) is 11.8 Å². The van der Waals surface area contributed by atoms with Crippen molar-refractivity contribution in [2.75, 3.05) is 0 Å². The molecule has 0 amide bonds. The Bertz CT molecular complexity index is 722. The molecule has 0 saturated heterocycles. The smallest absolute Gasteiger partial charge is 0.258 e. The van der Waals surface area contributed by atoms with Gasteiger partial charge in [0.2, 0.25) is 0 Å². The molecule has 0 fully saturated rings. The molecule has 19 heavy (non-hydrogen) atoms. The summed E-state index contributed by atoms with van der Waals surface area (Å²) in [5.41, 5.74) is 1.78. The molecule has 0 spiro atoms. The van der Waals surface area contributed by atoms with Gasteiger partial charge in [-0.3, -0.25) is 9.36 Å². The minimum absolute atomic E-state index is 0.00343. The van der Waals surface area contributed by atoms with Crippen LogP contribution in [0.2, 0.25) is 0 Å². The Morgan fingerprint density at radius 3 is 2.68 bits per heavy atom. The van der Waals surface area contributed by atoms with Crippen LogP contribution in [0.1, 0.15) is 22.9 Å². The quantitative estimate of drug-likeness (QED) is 0.597. The van der Waals surface area contributed by atoms with Crippen molar-refractivity contribution in [1.29, 1.82) is 0 Å². The van der Waals surface area contributed by atoms with Gasteiger partial charge < -0.3 is 0 Å². The zero-order valence-electron chi connectivity index (χ0n) is 10.6. The SMILES string of the molecule is Cc1nc2c(c(=O)n1C)C(c1ccccc1)C(=S)S2. The van der Waals surface area contributed by atoms with Crippen molar-refractivity contribution in [3.05, 3.63) is 57.6 Å². The summed E-state index contributed by atoms with van der Waals surface area (Å²) in [5.74, 6) is 0.593. The fourth-order valence-corrected chi connectivity index (χ4v) is 3.79. The van der Waals surface area contributed by atoms with Gasteiger partial charge in [-0.2, -0.15) is 0 Å². The molecule has 1 aliphatic rings. The lowest BCUT2D eigenvalue weighted by Crippen LogP contribution is -2.26. The maximum Gasteiger partial charge on any atom is 0.258 e. The van der Waals surface area contributed by atoms with Gasteiger partial charge in [0.15, 0.2) is 0 Å². The Morgan fingerprint density at radius 1 is 1.32 bits per heavy atom.